The van der Waals surface area contributed by atoms with Gasteiger partial charge in [0.15, 0.2) is 0 Å². The molecule has 0 fully saturated rings. The third kappa shape index (κ3) is 2.18. The molecule has 0 saturated heterocycles. The van der Waals surface area contributed by atoms with Crippen LogP contribution in [-0.4, -0.2) is 23.0 Å². The second kappa shape index (κ2) is 3.74. The summed E-state index contributed by atoms with van der Waals surface area (Å²) in [7, 11) is 0.328. The number of hydrogen-bond acceptors (Lipinski definition) is 1. The highest BCUT2D eigenvalue weighted by Gasteiger charge is 2.13. The topological polar surface area (TPSA) is 9.23 Å². The third-order valence-electron chi connectivity index (χ3n) is 0.753. The molecule has 0 rings (SSSR count). The number of alkyl halides is 2. The van der Waals surface area contributed by atoms with Crippen LogP contribution in [0.4, 0.5) is 8.78 Å². The van der Waals surface area contributed by atoms with Crippen molar-refractivity contribution in [3.63, 3.8) is 0 Å². The van der Waals surface area contributed by atoms with Crippen molar-refractivity contribution in [3.05, 3.63) is 12.7 Å². The van der Waals surface area contributed by atoms with Crippen molar-refractivity contribution in [2.24, 2.45) is 0 Å². The number of hydrogen-bond donors (Lipinski definition) is 0. The fraction of sp³-hybridized carbons (Fsp3) is 0.500. The molecule has 0 bridgehead atoms. The lowest BCUT2D eigenvalue weighted by Crippen LogP contribution is -2.17. The second-order valence-corrected chi connectivity index (χ2v) is 1.74. The number of halogens is 2. The zero-order valence-electron chi connectivity index (χ0n) is 4.60. The SMILES string of the molecule is C=CC(O[SiH3])C(F)F. The summed E-state index contributed by atoms with van der Waals surface area (Å²) in [6.45, 7) is 3.17. The molecule has 0 saturated carbocycles. The molecule has 8 heavy (non-hydrogen) atoms. The fourth-order valence-electron chi connectivity index (χ4n) is 0.302. The first-order valence-electron chi connectivity index (χ1n) is 2.16. The molecule has 1 nitrogen and oxygen atoms in total. The first-order valence-corrected chi connectivity index (χ1v) is 2.97. The van der Waals surface area contributed by atoms with Crippen molar-refractivity contribution in [1.82, 2.24) is 0 Å². The molecule has 0 aromatic heterocycles. The van der Waals surface area contributed by atoms with Crippen LogP contribution in [0.15, 0.2) is 12.7 Å². The standard InChI is InChI=1S/C4H8F2OSi/c1-2-3(7-8)4(5)6/h2-4H,1H2,8H3. The van der Waals surface area contributed by atoms with Crippen molar-refractivity contribution < 1.29 is 13.2 Å². The molecule has 1 unspecified atom stereocenters. The van der Waals surface area contributed by atoms with Crippen molar-refractivity contribution in [1.29, 1.82) is 0 Å². The molecule has 0 aliphatic carbocycles. The van der Waals surface area contributed by atoms with Crippen LogP contribution in [-0.2, 0) is 4.43 Å². The zero-order valence-corrected chi connectivity index (χ0v) is 6.60. The van der Waals surface area contributed by atoms with Gasteiger partial charge in [-0.3, -0.25) is 0 Å². The summed E-state index contributed by atoms with van der Waals surface area (Å²) in [6, 6.07) is 0. The molecule has 0 aliphatic heterocycles. The average Bonchev–Trinajstić information content (AvgIpc) is 1.69. The van der Waals surface area contributed by atoms with E-state index >= 15 is 0 Å². The van der Waals surface area contributed by atoms with Crippen molar-refractivity contribution in [3.8, 4) is 0 Å². The summed E-state index contributed by atoms with van der Waals surface area (Å²) < 4.78 is 27.5. The zero-order chi connectivity index (χ0) is 6.57. The maximum absolute atomic E-state index is 11.5. The maximum atomic E-state index is 11.5. The lowest BCUT2D eigenvalue weighted by molar-refractivity contribution is 0.0438. The van der Waals surface area contributed by atoms with Gasteiger partial charge in [0.1, 0.15) is 16.6 Å². The van der Waals surface area contributed by atoms with Gasteiger partial charge in [-0.25, -0.2) is 8.78 Å². The van der Waals surface area contributed by atoms with Gasteiger partial charge in [-0.05, 0) is 0 Å². The molecule has 48 valence electrons. The van der Waals surface area contributed by atoms with E-state index < -0.39 is 12.5 Å². The monoisotopic (exact) mass is 138 g/mol. The van der Waals surface area contributed by atoms with Crippen molar-refractivity contribution in [2.75, 3.05) is 0 Å². The molecule has 4 heteroatoms. The summed E-state index contributed by atoms with van der Waals surface area (Å²) in [6.07, 6.45) is -2.37. The molecule has 0 aliphatic rings. The highest BCUT2D eigenvalue weighted by Crippen LogP contribution is 2.03. The molecule has 0 amide bonds. The minimum Gasteiger partial charge on any atom is -0.416 e. The van der Waals surface area contributed by atoms with Crippen molar-refractivity contribution >= 4 is 10.5 Å². The Morgan fingerprint density at radius 2 is 2.12 bits per heavy atom. The first kappa shape index (κ1) is 7.78. The van der Waals surface area contributed by atoms with E-state index in [2.05, 4.69) is 11.0 Å². The van der Waals surface area contributed by atoms with Crippen LogP contribution < -0.4 is 0 Å². The normalized spacial score (nSPS) is 14.4. The molecule has 0 aromatic carbocycles. The van der Waals surface area contributed by atoms with Crippen LogP contribution >= 0.6 is 0 Å². The highest BCUT2D eigenvalue weighted by atomic mass is 28.2. The van der Waals surface area contributed by atoms with E-state index in [-0.39, 0.29) is 0 Å². The predicted octanol–water partition coefficient (Wildman–Crippen LogP) is 0.103. The van der Waals surface area contributed by atoms with E-state index in [9.17, 15) is 8.78 Å². The van der Waals surface area contributed by atoms with Crippen molar-refractivity contribution in [2.45, 2.75) is 12.5 Å². The first-order chi connectivity index (χ1) is 3.72. The minimum absolute atomic E-state index is 0.328. The quantitative estimate of drug-likeness (QED) is 0.397. The average molecular weight is 138 g/mol. The summed E-state index contributed by atoms with van der Waals surface area (Å²) in [5.74, 6) is 0. The Bertz CT molecular complexity index is 76.4. The van der Waals surface area contributed by atoms with Crippen LogP contribution in [0.25, 0.3) is 0 Å². The van der Waals surface area contributed by atoms with Crippen LogP contribution in [0.5, 0.6) is 0 Å². The largest absolute Gasteiger partial charge is 0.416 e. The molecular weight excluding hydrogens is 130 g/mol. The minimum atomic E-state index is -2.43. The molecule has 0 radical (unpaired) electrons. The summed E-state index contributed by atoms with van der Waals surface area (Å²) in [5, 5.41) is 0. The van der Waals surface area contributed by atoms with Crippen LogP contribution in [0.2, 0.25) is 0 Å². The smallest absolute Gasteiger partial charge is 0.266 e. The van der Waals surface area contributed by atoms with Crippen LogP contribution in [0.1, 0.15) is 0 Å². The lowest BCUT2D eigenvalue weighted by atomic mass is 10.4. The Balaban J connectivity index is 3.51. The molecule has 0 aromatic rings. The van der Waals surface area contributed by atoms with E-state index in [4.69, 9.17) is 0 Å². The predicted molar refractivity (Wildman–Crippen MR) is 31.0 cm³/mol. The van der Waals surface area contributed by atoms with E-state index in [1.54, 1.807) is 0 Å². The van der Waals surface area contributed by atoms with E-state index in [1.165, 1.54) is 0 Å². The summed E-state index contributed by atoms with van der Waals surface area (Å²) >= 11 is 0. The Kier molecular flexibility index (Phi) is 3.64. The summed E-state index contributed by atoms with van der Waals surface area (Å²) in [4.78, 5) is 0. The van der Waals surface area contributed by atoms with Gasteiger partial charge in [0.05, 0.1) is 0 Å². The van der Waals surface area contributed by atoms with E-state index in [0.717, 1.165) is 6.08 Å². The number of rotatable bonds is 3. The molecule has 1 atom stereocenters. The Morgan fingerprint density at radius 1 is 1.62 bits per heavy atom. The Morgan fingerprint density at radius 3 is 2.12 bits per heavy atom. The van der Waals surface area contributed by atoms with Gasteiger partial charge in [-0.2, -0.15) is 0 Å². The Labute approximate surface area is 49.9 Å². The van der Waals surface area contributed by atoms with E-state index in [1.807, 2.05) is 0 Å². The van der Waals surface area contributed by atoms with Gasteiger partial charge in [0.2, 0.25) is 0 Å². The van der Waals surface area contributed by atoms with Gasteiger partial charge >= 0.3 is 0 Å². The molecule has 0 heterocycles. The van der Waals surface area contributed by atoms with Gasteiger partial charge in [0, 0.05) is 0 Å². The molecule has 0 spiro atoms. The van der Waals surface area contributed by atoms with Gasteiger partial charge in [-0.1, -0.05) is 6.08 Å². The van der Waals surface area contributed by atoms with Gasteiger partial charge < -0.3 is 4.43 Å². The van der Waals surface area contributed by atoms with Crippen LogP contribution in [0, 0.1) is 0 Å². The van der Waals surface area contributed by atoms with Gasteiger partial charge in [-0.15, -0.1) is 6.58 Å². The summed E-state index contributed by atoms with van der Waals surface area (Å²) in [5.41, 5.74) is 0. The highest BCUT2D eigenvalue weighted by molar-refractivity contribution is 5.98. The van der Waals surface area contributed by atoms with Gasteiger partial charge in [0.25, 0.3) is 6.43 Å². The van der Waals surface area contributed by atoms with Crippen LogP contribution in [0.3, 0.4) is 0 Å². The van der Waals surface area contributed by atoms with E-state index in [0.29, 0.717) is 10.5 Å². The fourth-order valence-corrected chi connectivity index (χ4v) is 0.700. The molecular formula is C4H8F2OSi. The second-order valence-electron chi connectivity index (χ2n) is 1.27. The Hall–Kier alpha value is -0.223. The lowest BCUT2D eigenvalue weighted by Gasteiger charge is -2.07. The third-order valence-corrected chi connectivity index (χ3v) is 1.30. The molecule has 0 N–H and O–H groups in total. The maximum Gasteiger partial charge on any atom is 0.266 e.